The highest BCUT2D eigenvalue weighted by Gasteiger charge is 2.55. The highest BCUT2D eigenvalue weighted by atomic mass is 32.1. The Morgan fingerprint density at radius 3 is 2.89 bits per heavy atom. The lowest BCUT2D eigenvalue weighted by atomic mass is 10.1. The fraction of sp³-hybridized carbons (Fsp3) is 0.556. The molecule has 1 aromatic heterocycles. The first-order chi connectivity index (χ1) is 9.08. The van der Waals surface area contributed by atoms with Crippen LogP contribution in [0.5, 0.6) is 0 Å². The topological polar surface area (TPSA) is 108 Å². The van der Waals surface area contributed by atoms with Crippen molar-refractivity contribution in [1.82, 2.24) is 9.55 Å². The highest BCUT2D eigenvalue weighted by molar-refractivity contribution is 7.71. The highest BCUT2D eigenvalue weighted by Crippen LogP contribution is 2.37. The first-order valence-electron chi connectivity index (χ1n) is 5.84. The molecule has 0 bridgehead atoms. The summed E-state index contributed by atoms with van der Waals surface area (Å²) in [6, 6.07) is 1.25. The predicted molar refractivity (Wildman–Crippen MR) is 58.9 cm³/mol. The normalized spacial score (nSPS) is 38.3. The molecular formula is C9H11FN2O5S. The summed E-state index contributed by atoms with van der Waals surface area (Å²) in [6.07, 6.45) is -5.00. The summed E-state index contributed by atoms with van der Waals surface area (Å²) in [5.74, 6) is -3.58. The zero-order valence-electron chi connectivity index (χ0n) is 10.8. The molecule has 1 aromatic rings. The molecule has 0 amide bonds. The zero-order valence-corrected chi connectivity index (χ0v) is 9.59. The quantitative estimate of drug-likeness (QED) is 0.508. The number of aromatic amines is 1. The Hall–Kier alpha value is -1.13. The van der Waals surface area contributed by atoms with Gasteiger partial charge in [-0.25, -0.2) is 9.18 Å². The van der Waals surface area contributed by atoms with Crippen molar-refractivity contribution < 1.29 is 27.2 Å². The van der Waals surface area contributed by atoms with Gasteiger partial charge in [-0.05, 0) is 6.07 Å². The maximum Gasteiger partial charge on any atom is 0.328 e. The van der Waals surface area contributed by atoms with E-state index >= 15 is 0 Å². The van der Waals surface area contributed by atoms with Crippen LogP contribution in [-0.4, -0.2) is 49.5 Å². The maximum absolute atomic E-state index is 14.2. The van der Waals surface area contributed by atoms with E-state index in [-0.39, 0.29) is 4.64 Å². The van der Waals surface area contributed by atoms with Crippen LogP contribution < -0.4 is 5.69 Å². The second-order valence-corrected chi connectivity index (χ2v) is 4.16. The number of nitrogens with zero attached hydrogens (tertiary/aromatic N) is 1. The lowest BCUT2D eigenvalue weighted by molar-refractivity contribution is -0.207. The van der Waals surface area contributed by atoms with Crippen LogP contribution in [0.4, 0.5) is 4.39 Å². The van der Waals surface area contributed by atoms with E-state index in [1.54, 1.807) is 0 Å². The van der Waals surface area contributed by atoms with Crippen molar-refractivity contribution in [3.8, 4) is 0 Å². The molecule has 18 heavy (non-hydrogen) atoms. The van der Waals surface area contributed by atoms with Gasteiger partial charge in [0.25, 0.3) is 5.85 Å². The molecule has 0 aliphatic carbocycles. The Kier molecular flexibility index (Phi) is 2.70. The molecule has 4 atom stereocenters. The molecule has 7 nitrogen and oxygen atoms in total. The average molecular weight is 280 g/mol. The van der Waals surface area contributed by atoms with Crippen molar-refractivity contribution in [2.24, 2.45) is 0 Å². The van der Waals surface area contributed by atoms with E-state index < -0.39 is 36.5 Å². The van der Waals surface area contributed by atoms with E-state index in [2.05, 4.69) is 9.72 Å². The van der Waals surface area contributed by atoms with Crippen molar-refractivity contribution in [1.29, 1.82) is 0 Å². The van der Waals surface area contributed by atoms with Crippen molar-refractivity contribution in [2.75, 3.05) is 6.56 Å². The first kappa shape index (κ1) is 10.8. The van der Waals surface area contributed by atoms with Gasteiger partial charge in [-0.3, -0.25) is 9.55 Å². The SMILES string of the molecule is [2H]C([2H])(O)[C@@]1(F)O[C@@H](n2ccc(=S)[nH]c2=O)[C@H](O)[C@@H]1O. The van der Waals surface area contributed by atoms with E-state index in [1.165, 1.54) is 6.07 Å². The minimum absolute atomic E-state index is 0.0864. The van der Waals surface area contributed by atoms with Crippen molar-refractivity contribution in [2.45, 2.75) is 24.3 Å². The van der Waals surface area contributed by atoms with Crippen LogP contribution in [0.1, 0.15) is 8.97 Å². The van der Waals surface area contributed by atoms with Gasteiger partial charge in [0.1, 0.15) is 23.4 Å². The zero-order chi connectivity index (χ0) is 15.3. The van der Waals surface area contributed by atoms with Crippen LogP contribution >= 0.6 is 12.2 Å². The Balaban J connectivity index is 2.46. The van der Waals surface area contributed by atoms with E-state index in [4.69, 9.17) is 20.1 Å². The first-order valence-corrected chi connectivity index (χ1v) is 5.25. The summed E-state index contributed by atoms with van der Waals surface area (Å²) >= 11 is 4.70. The molecule has 1 aliphatic heterocycles. The van der Waals surface area contributed by atoms with Crippen LogP contribution in [0, 0.1) is 4.64 Å². The molecule has 0 radical (unpaired) electrons. The molecule has 0 unspecified atom stereocenters. The summed E-state index contributed by atoms with van der Waals surface area (Å²) < 4.78 is 33.4. The van der Waals surface area contributed by atoms with Gasteiger partial charge >= 0.3 is 5.69 Å². The van der Waals surface area contributed by atoms with Crippen LogP contribution in [0.2, 0.25) is 0 Å². The summed E-state index contributed by atoms with van der Waals surface area (Å²) in [5.41, 5.74) is -0.850. The molecule has 9 heteroatoms. The fourth-order valence-electron chi connectivity index (χ4n) is 1.63. The Morgan fingerprint density at radius 1 is 1.72 bits per heavy atom. The average Bonchev–Trinajstić information content (AvgIpc) is 2.54. The number of alkyl halides is 1. The molecule has 2 heterocycles. The summed E-state index contributed by atoms with van der Waals surface area (Å²) in [6.45, 7) is -3.58. The van der Waals surface area contributed by atoms with Crippen LogP contribution in [0.15, 0.2) is 17.1 Å². The number of aromatic nitrogens is 2. The Bertz CT molecular complexity index is 632. The molecule has 2 rings (SSSR count). The monoisotopic (exact) mass is 280 g/mol. The van der Waals surface area contributed by atoms with Gasteiger partial charge in [-0.1, -0.05) is 12.2 Å². The summed E-state index contributed by atoms with van der Waals surface area (Å²) in [4.78, 5) is 13.8. The molecule has 4 N–H and O–H groups in total. The van der Waals surface area contributed by atoms with Gasteiger partial charge in [0.2, 0.25) is 0 Å². The third-order valence-electron chi connectivity index (χ3n) is 2.57. The minimum Gasteiger partial charge on any atom is -0.390 e. The predicted octanol–water partition coefficient (Wildman–Crippen LogP) is -1.19. The van der Waals surface area contributed by atoms with Crippen molar-refractivity contribution >= 4 is 12.2 Å². The number of aliphatic hydroxyl groups is 3. The number of rotatable bonds is 2. The summed E-state index contributed by atoms with van der Waals surface area (Å²) in [7, 11) is 0. The number of nitrogens with one attached hydrogen (secondary N) is 1. The summed E-state index contributed by atoms with van der Waals surface area (Å²) in [5, 5.41) is 28.3. The lowest BCUT2D eigenvalue weighted by Gasteiger charge is -2.19. The molecule has 0 aromatic carbocycles. The Labute approximate surface area is 108 Å². The lowest BCUT2D eigenvalue weighted by Crippen LogP contribution is -2.42. The van der Waals surface area contributed by atoms with Gasteiger partial charge in [0.15, 0.2) is 6.23 Å². The molecule has 0 spiro atoms. The van der Waals surface area contributed by atoms with E-state index in [1.807, 2.05) is 0 Å². The Morgan fingerprint density at radius 2 is 2.39 bits per heavy atom. The number of halogens is 1. The van der Waals surface area contributed by atoms with Crippen LogP contribution in [-0.2, 0) is 4.74 Å². The van der Waals surface area contributed by atoms with Crippen molar-refractivity contribution in [3.63, 3.8) is 0 Å². The maximum atomic E-state index is 14.2. The largest absolute Gasteiger partial charge is 0.390 e. The smallest absolute Gasteiger partial charge is 0.328 e. The third-order valence-corrected chi connectivity index (χ3v) is 2.80. The molecule has 1 saturated heterocycles. The van der Waals surface area contributed by atoms with Gasteiger partial charge in [0.05, 0.1) is 2.74 Å². The number of hydrogen-bond donors (Lipinski definition) is 4. The van der Waals surface area contributed by atoms with E-state index in [0.29, 0.717) is 4.57 Å². The minimum atomic E-state index is -3.58. The second-order valence-electron chi connectivity index (χ2n) is 3.72. The van der Waals surface area contributed by atoms with Crippen molar-refractivity contribution in [3.05, 3.63) is 27.4 Å². The third kappa shape index (κ3) is 1.99. The molecule has 0 saturated carbocycles. The van der Waals surface area contributed by atoms with Gasteiger partial charge < -0.3 is 20.1 Å². The fourth-order valence-corrected chi connectivity index (χ4v) is 1.78. The molecule has 1 aliphatic rings. The van der Waals surface area contributed by atoms with E-state index in [0.717, 1.165) is 6.20 Å². The number of ether oxygens (including phenoxy) is 1. The van der Waals surface area contributed by atoms with Gasteiger partial charge in [-0.15, -0.1) is 0 Å². The van der Waals surface area contributed by atoms with E-state index in [9.17, 15) is 19.4 Å². The second kappa shape index (κ2) is 4.52. The molecule has 1 fully saturated rings. The molecular weight excluding hydrogens is 267 g/mol. The number of H-pyrrole nitrogens is 1. The van der Waals surface area contributed by atoms with Gasteiger partial charge in [0, 0.05) is 6.20 Å². The molecule has 100 valence electrons. The number of aliphatic hydroxyl groups excluding tert-OH is 2. The standard InChI is InChI=1S/C9H11FN2O5S/c10-9(3-13)6(15)5(14)7(17-9)12-2-1-4(18)11-8(12)16/h1-2,5-7,13-15H,3H2,(H,11,16,18)/t5-,6+,7-,9-/m1/s1/i3D2. The van der Waals surface area contributed by atoms with Crippen LogP contribution in [0.25, 0.3) is 0 Å². The van der Waals surface area contributed by atoms with Crippen LogP contribution in [0.3, 0.4) is 0 Å². The van der Waals surface area contributed by atoms with Gasteiger partial charge in [-0.2, -0.15) is 0 Å². The number of hydrogen-bond acceptors (Lipinski definition) is 6.